The van der Waals surface area contributed by atoms with Gasteiger partial charge in [-0.3, -0.25) is 0 Å². The summed E-state index contributed by atoms with van der Waals surface area (Å²) >= 11 is 0. The highest BCUT2D eigenvalue weighted by molar-refractivity contribution is 5.62. The Morgan fingerprint density at radius 2 is 2.05 bits per heavy atom. The van der Waals surface area contributed by atoms with Crippen LogP contribution in [0.1, 0.15) is 24.7 Å². The molecule has 20 heavy (non-hydrogen) atoms. The maximum atomic E-state index is 5.79. The van der Waals surface area contributed by atoms with Crippen LogP contribution in [-0.4, -0.2) is 17.1 Å². The van der Waals surface area contributed by atoms with Gasteiger partial charge >= 0.3 is 0 Å². The first-order chi connectivity index (χ1) is 9.72. The van der Waals surface area contributed by atoms with Gasteiger partial charge in [0.1, 0.15) is 18.2 Å². The summed E-state index contributed by atoms with van der Waals surface area (Å²) in [5, 5.41) is 3.31. The average Bonchev–Trinajstić information content (AvgIpc) is 2.41. The molecule has 0 amide bonds. The Morgan fingerprint density at radius 3 is 2.80 bits per heavy atom. The number of nitrogens with one attached hydrogen (secondary N) is 1. The van der Waals surface area contributed by atoms with Crippen molar-refractivity contribution in [2.75, 3.05) is 18.2 Å². The Morgan fingerprint density at radius 1 is 1.25 bits per heavy atom. The molecule has 0 aliphatic heterocycles. The van der Waals surface area contributed by atoms with Crippen LogP contribution in [0, 0.1) is 0 Å². The first kappa shape index (κ1) is 14.3. The second kappa shape index (κ2) is 6.86. The third-order valence-electron chi connectivity index (χ3n) is 2.87. The number of nitrogens with zero attached hydrogens (tertiary/aromatic N) is 2. The van der Waals surface area contributed by atoms with Crippen LogP contribution in [0.15, 0.2) is 30.3 Å². The van der Waals surface area contributed by atoms with Crippen molar-refractivity contribution < 1.29 is 4.74 Å². The van der Waals surface area contributed by atoms with Gasteiger partial charge in [0.05, 0.1) is 0 Å². The lowest BCUT2D eigenvalue weighted by Crippen LogP contribution is -2.05. The molecule has 0 atom stereocenters. The average molecular weight is 272 g/mol. The minimum atomic E-state index is 0.344. The molecule has 2 rings (SSSR count). The zero-order valence-corrected chi connectivity index (χ0v) is 11.9. The van der Waals surface area contributed by atoms with E-state index in [2.05, 4.69) is 28.3 Å². The van der Waals surface area contributed by atoms with Crippen LogP contribution >= 0.6 is 0 Å². The summed E-state index contributed by atoms with van der Waals surface area (Å²) < 4.78 is 5.04. The third-order valence-corrected chi connectivity index (χ3v) is 2.87. The lowest BCUT2D eigenvalue weighted by molar-refractivity contribution is 0.178. The number of aryl methyl sites for hydroxylation is 1. The van der Waals surface area contributed by atoms with Crippen molar-refractivity contribution in [3.63, 3.8) is 0 Å². The second-order valence-electron chi connectivity index (χ2n) is 4.56. The van der Waals surface area contributed by atoms with E-state index in [1.54, 1.807) is 13.2 Å². The largest absolute Gasteiger partial charge is 0.384 e. The van der Waals surface area contributed by atoms with Gasteiger partial charge in [-0.1, -0.05) is 31.5 Å². The zero-order valence-electron chi connectivity index (χ0n) is 11.9. The quantitative estimate of drug-likeness (QED) is 0.846. The number of hydrogen-bond acceptors (Lipinski definition) is 5. The lowest BCUT2D eigenvalue weighted by atomic mass is 10.1. The van der Waals surface area contributed by atoms with Gasteiger partial charge in [-0.2, -0.15) is 0 Å². The summed E-state index contributed by atoms with van der Waals surface area (Å²) in [5.41, 5.74) is 8.11. The fourth-order valence-corrected chi connectivity index (χ4v) is 2.04. The molecule has 0 radical (unpaired) electrons. The molecule has 1 aromatic carbocycles. The SMILES string of the molecule is CCCc1ccccc1Nc1cc(N)nc(COC)n1. The molecule has 106 valence electrons. The molecule has 0 aliphatic rings. The van der Waals surface area contributed by atoms with Gasteiger partial charge in [-0.05, 0) is 18.1 Å². The fraction of sp³-hybridized carbons (Fsp3) is 0.333. The summed E-state index contributed by atoms with van der Waals surface area (Å²) in [4.78, 5) is 8.52. The van der Waals surface area contributed by atoms with Crippen LogP contribution in [0.25, 0.3) is 0 Å². The predicted octanol–water partition coefficient (Wildman–Crippen LogP) is 2.90. The van der Waals surface area contributed by atoms with E-state index < -0.39 is 0 Å². The highest BCUT2D eigenvalue weighted by Gasteiger charge is 2.05. The van der Waals surface area contributed by atoms with E-state index in [1.807, 2.05) is 18.2 Å². The van der Waals surface area contributed by atoms with E-state index >= 15 is 0 Å². The number of hydrogen-bond donors (Lipinski definition) is 2. The van der Waals surface area contributed by atoms with Crippen molar-refractivity contribution >= 4 is 17.3 Å². The Bertz CT molecular complexity index is 572. The molecule has 0 fully saturated rings. The molecule has 0 aliphatic carbocycles. The fourth-order valence-electron chi connectivity index (χ4n) is 2.04. The molecular weight excluding hydrogens is 252 g/mol. The number of aromatic nitrogens is 2. The molecule has 3 N–H and O–H groups in total. The topological polar surface area (TPSA) is 73.1 Å². The molecule has 5 nitrogen and oxygen atoms in total. The monoisotopic (exact) mass is 272 g/mol. The van der Waals surface area contributed by atoms with Crippen LogP contribution in [0.5, 0.6) is 0 Å². The smallest absolute Gasteiger partial charge is 0.158 e. The number of benzene rings is 1. The van der Waals surface area contributed by atoms with E-state index in [9.17, 15) is 0 Å². The molecule has 1 heterocycles. The summed E-state index contributed by atoms with van der Waals surface area (Å²) in [6.07, 6.45) is 2.12. The molecule has 1 aromatic heterocycles. The molecule has 0 unspecified atom stereocenters. The highest BCUT2D eigenvalue weighted by atomic mass is 16.5. The van der Waals surface area contributed by atoms with Crippen molar-refractivity contribution in [2.45, 2.75) is 26.4 Å². The Balaban J connectivity index is 2.25. The number of ether oxygens (including phenoxy) is 1. The minimum absolute atomic E-state index is 0.344. The Hall–Kier alpha value is -2.14. The normalized spacial score (nSPS) is 10.5. The maximum Gasteiger partial charge on any atom is 0.158 e. The summed E-state index contributed by atoms with van der Waals surface area (Å²) in [6, 6.07) is 9.93. The van der Waals surface area contributed by atoms with Gasteiger partial charge in [-0.15, -0.1) is 0 Å². The molecule has 0 spiro atoms. The number of methoxy groups -OCH3 is 1. The van der Waals surface area contributed by atoms with E-state index in [4.69, 9.17) is 10.5 Å². The van der Waals surface area contributed by atoms with Gasteiger partial charge in [0, 0.05) is 18.9 Å². The second-order valence-corrected chi connectivity index (χ2v) is 4.56. The van der Waals surface area contributed by atoms with Crippen molar-refractivity contribution in [2.24, 2.45) is 0 Å². The van der Waals surface area contributed by atoms with E-state index in [0.29, 0.717) is 24.1 Å². The van der Waals surface area contributed by atoms with Crippen molar-refractivity contribution in [3.8, 4) is 0 Å². The number of anilines is 3. The zero-order chi connectivity index (χ0) is 14.4. The molecule has 5 heteroatoms. The third kappa shape index (κ3) is 3.68. The van der Waals surface area contributed by atoms with Crippen LogP contribution in [0.4, 0.5) is 17.3 Å². The van der Waals surface area contributed by atoms with Crippen molar-refractivity contribution in [1.29, 1.82) is 0 Å². The van der Waals surface area contributed by atoms with Gasteiger partial charge in [-0.25, -0.2) is 9.97 Å². The highest BCUT2D eigenvalue weighted by Crippen LogP contribution is 2.21. The molecule has 0 bridgehead atoms. The first-order valence-corrected chi connectivity index (χ1v) is 6.70. The number of para-hydroxylation sites is 1. The number of rotatable bonds is 6. The number of nitrogen functional groups attached to an aromatic ring is 1. The van der Waals surface area contributed by atoms with Gasteiger partial charge in [0.25, 0.3) is 0 Å². The first-order valence-electron chi connectivity index (χ1n) is 6.70. The van der Waals surface area contributed by atoms with Crippen molar-refractivity contribution in [3.05, 3.63) is 41.7 Å². The van der Waals surface area contributed by atoms with Crippen molar-refractivity contribution in [1.82, 2.24) is 9.97 Å². The molecule has 0 saturated carbocycles. The molecular formula is C15H20N4O. The van der Waals surface area contributed by atoms with Crippen LogP contribution < -0.4 is 11.1 Å². The summed E-state index contributed by atoms with van der Waals surface area (Å²) in [7, 11) is 1.61. The summed E-state index contributed by atoms with van der Waals surface area (Å²) in [5.74, 6) is 1.69. The van der Waals surface area contributed by atoms with Gasteiger partial charge in [0.2, 0.25) is 0 Å². The van der Waals surface area contributed by atoms with Crippen LogP contribution in [0.3, 0.4) is 0 Å². The van der Waals surface area contributed by atoms with Gasteiger partial charge in [0.15, 0.2) is 5.82 Å². The number of nitrogens with two attached hydrogens (primary N) is 1. The van der Waals surface area contributed by atoms with E-state index in [-0.39, 0.29) is 0 Å². The Kier molecular flexibility index (Phi) is 4.90. The van der Waals surface area contributed by atoms with E-state index in [0.717, 1.165) is 18.5 Å². The van der Waals surface area contributed by atoms with Crippen LogP contribution in [-0.2, 0) is 17.8 Å². The lowest BCUT2D eigenvalue weighted by Gasteiger charge is -2.12. The minimum Gasteiger partial charge on any atom is -0.384 e. The summed E-state index contributed by atoms with van der Waals surface area (Å²) in [6.45, 7) is 2.51. The standard InChI is InChI=1S/C15H20N4O/c1-3-6-11-7-4-5-8-12(11)17-14-9-13(16)18-15(19-14)10-20-2/h4-5,7-9H,3,6,10H2,1-2H3,(H3,16,17,18,19). The van der Waals surface area contributed by atoms with E-state index in [1.165, 1.54) is 5.56 Å². The maximum absolute atomic E-state index is 5.79. The Labute approximate surface area is 119 Å². The predicted molar refractivity (Wildman–Crippen MR) is 80.9 cm³/mol. The van der Waals surface area contributed by atoms with Gasteiger partial charge < -0.3 is 15.8 Å². The van der Waals surface area contributed by atoms with Crippen LogP contribution in [0.2, 0.25) is 0 Å². The molecule has 2 aromatic rings. The molecule has 0 saturated heterocycles.